The third-order valence-corrected chi connectivity index (χ3v) is 2.91. The number of rotatable bonds is 3. The van der Waals surface area contributed by atoms with Crippen molar-refractivity contribution in [1.82, 2.24) is 10.3 Å². The van der Waals surface area contributed by atoms with Gasteiger partial charge >= 0.3 is 0 Å². The molecular weight excluding hydrogens is 176 g/mol. The minimum absolute atomic E-state index is 0.694. The summed E-state index contributed by atoms with van der Waals surface area (Å²) in [6, 6.07) is 0.694. The van der Waals surface area contributed by atoms with Crippen molar-refractivity contribution in [2.75, 3.05) is 0 Å². The van der Waals surface area contributed by atoms with Crippen LogP contribution in [0.4, 0.5) is 0 Å². The molecule has 14 heavy (non-hydrogen) atoms. The van der Waals surface area contributed by atoms with Gasteiger partial charge in [0.05, 0.1) is 12.2 Å². The summed E-state index contributed by atoms with van der Waals surface area (Å²) in [7, 11) is 0. The highest BCUT2D eigenvalue weighted by atomic mass is 16.4. The first-order valence-corrected chi connectivity index (χ1v) is 5.42. The van der Waals surface area contributed by atoms with Crippen molar-refractivity contribution in [3.63, 3.8) is 0 Å². The number of nitrogens with one attached hydrogen (secondary N) is 1. The molecule has 1 aliphatic carbocycles. The number of oxazole rings is 1. The maximum absolute atomic E-state index is 5.50. The van der Waals surface area contributed by atoms with Gasteiger partial charge in [0.25, 0.3) is 0 Å². The highest BCUT2D eigenvalue weighted by Crippen LogP contribution is 2.18. The summed E-state index contributed by atoms with van der Waals surface area (Å²) in [5.41, 5.74) is 1.02. The molecule has 0 unspecified atom stereocenters. The van der Waals surface area contributed by atoms with Gasteiger partial charge in [-0.25, -0.2) is 4.98 Å². The second kappa shape index (κ2) is 4.13. The van der Waals surface area contributed by atoms with Gasteiger partial charge in [0.15, 0.2) is 5.89 Å². The van der Waals surface area contributed by atoms with Crippen LogP contribution in [-0.2, 0) is 6.54 Å². The minimum atomic E-state index is 0.694. The second-order valence-electron chi connectivity index (χ2n) is 4.10. The average molecular weight is 194 g/mol. The fraction of sp³-hybridized carbons (Fsp3) is 0.727. The molecule has 1 saturated carbocycles. The Bertz CT molecular complexity index is 300. The molecule has 0 bridgehead atoms. The number of aromatic nitrogens is 1. The van der Waals surface area contributed by atoms with Crippen LogP contribution in [0.5, 0.6) is 0 Å². The van der Waals surface area contributed by atoms with Crippen molar-refractivity contribution in [2.45, 2.75) is 52.1 Å². The Morgan fingerprint density at radius 1 is 1.36 bits per heavy atom. The second-order valence-corrected chi connectivity index (χ2v) is 4.10. The highest BCUT2D eigenvalue weighted by molar-refractivity contribution is 5.07. The van der Waals surface area contributed by atoms with Gasteiger partial charge < -0.3 is 9.73 Å². The predicted molar refractivity (Wildman–Crippen MR) is 55.1 cm³/mol. The van der Waals surface area contributed by atoms with Crippen LogP contribution in [0.1, 0.15) is 43.0 Å². The zero-order valence-electron chi connectivity index (χ0n) is 8.97. The molecule has 2 rings (SSSR count). The van der Waals surface area contributed by atoms with Gasteiger partial charge in [-0.1, -0.05) is 12.8 Å². The zero-order chi connectivity index (χ0) is 9.97. The molecular formula is C11H18N2O. The van der Waals surface area contributed by atoms with E-state index < -0.39 is 0 Å². The van der Waals surface area contributed by atoms with E-state index >= 15 is 0 Å². The molecule has 0 spiro atoms. The molecule has 0 atom stereocenters. The van der Waals surface area contributed by atoms with E-state index in [1.165, 1.54) is 25.7 Å². The molecule has 3 nitrogen and oxygen atoms in total. The maximum atomic E-state index is 5.50. The average Bonchev–Trinajstić information content (AvgIpc) is 2.72. The molecule has 1 heterocycles. The van der Waals surface area contributed by atoms with Crippen molar-refractivity contribution in [3.05, 3.63) is 17.3 Å². The van der Waals surface area contributed by atoms with E-state index in [2.05, 4.69) is 10.3 Å². The van der Waals surface area contributed by atoms with Crippen LogP contribution in [0.2, 0.25) is 0 Å². The Morgan fingerprint density at radius 3 is 2.64 bits per heavy atom. The third-order valence-electron chi connectivity index (χ3n) is 2.91. The first-order chi connectivity index (χ1) is 6.75. The van der Waals surface area contributed by atoms with Crippen molar-refractivity contribution < 1.29 is 4.42 Å². The molecule has 1 N–H and O–H groups in total. The molecule has 1 fully saturated rings. The summed E-state index contributed by atoms with van der Waals surface area (Å²) in [6.07, 6.45) is 5.36. The summed E-state index contributed by atoms with van der Waals surface area (Å²) in [5.74, 6) is 1.76. The molecule has 0 saturated heterocycles. The van der Waals surface area contributed by atoms with Crippen LogP contribution in [-0.4, -0.2) is 11.0 Å². The molecule has 1 aromatic rings. The quantitative estimate of drug-likeness (QED) is 0.802. The Morgan fingerprint density at radius 2 is 2.07 bits per heavy atom. The van der Waals surface area contributed by atoms with Gasteiger partial charge in [0.2, 0.25) is 0 Å². The van der Waals surface area contributed by atoms with Crippen molar-refractivity contribution in [3.8, 4) is 0 Å². The largest absolute Gasteiger partial charge is 0.444 e. The van der Waals surface area contributed by atoms with Crippen molar-refractivity contribution in [2.24, 2.45) is 0 Å². The summed E-state index contributed by atoms with van der Waals surface area (Å²) in [6.45, 7) is 4.73. The van der Waals surface area contributed by atoms with Crippen LogP contribution < -0.4 is 5.32 Å². The molecule has 0 aliphatic heterocycles. The van der Waals surface area contributed by atoms with Crippen LogP contribution in [0.3, 0.4) is 0 Å². The fourth-order valence-corrected chi connectivity index (χ4v) is 2.10. The lowest BCUT2D eigenvalue weighted by atomic mass is 10.2. The van der Waals surface area contributed by atoms with Crippen LogP contribution >= 0.6 is 0 Å². The first-order valence-electron chi connectivity index (χ1n) is 5.42. The number of hydrogen-bond acceptors (Lipinski definition) is 3. The van der Waals surface area contributed by atoms with Crippen molar-refractivity contribution >= 4 is 0 Å². The monoisotopic (exact) mass is 194 g/mol. The first kappa shape index (κ1) is 9.71. The van der Waals surface area contributed by atoms with Gasteiger partial charge in [-0.2, -0.15) is 0 Å². The fourth-order valence-electron chi connectivity index (χ4n) is 2.10. The molecule has 0 aromatic carbocycles. The van der Waals surface area contributed by atoms with Crippen LogP contribution in [0.15, 0.2) is 4.42 Å². The third kappa shape index (κ3) is 2.15. The highest BCUT2D eigenvalue weighted by Gasteiger charge is 2.15. The van der Waals surface area contributed by atoms with E-state index in [4.69, 9.17) is 4.42 Å². The standard InChI is InChI=1S/C11H18N2O/c1-8-11(14-9(2)13-8)7-12-10-5-3-4-6-10/h10,12H,3-7H2,1-2H3. The van der Waals surface area contributed by atoms with E-state index in [1.807, 2.05) is 13.8 Å². The summed E-state index contributed by atoms with van der Waals surface area (Å²) < 4.78 is 5.50. The summed E-state index contributed by atoms with van der Waals surface area (Å²) in [4.78, 5) is 4.25. The van der Waals surface area contributed by atoms with E-state index in [0.717, 1.165) is 23.9 Å². The van der Waals surface area contributed by atoms with Gasteiger partial charge in [-0.15, -0.1) is 0 Å². The van der Waals surface area contributed by atoms with Gasteiger partial charge in [-0.05, 0) is 19.8 Å². The molecule has 1 aromatic heterocycles. The number of aryl methyl sites for hydroxylation is 2. The van der Waals surface area contributed by atoms with Gasteiger partial charge in [-0.3, -0.25) is 0 Å². The van der Waals surface area contributed by atoms with E-state index in [0.29, 0.717) is 6.04 Å². The van der Waals surface area contributed by atoms with E-state index in [-0.39, 0.29) is 0 Å². The lowest BCUT2D eigenvalue weighted by molar-refractivity contribution is 0.428. The van der Waals surface area contributed by atoms with E-state index in [1.54, 1.807) is 0 Å². The summed E-state index contributed by atoms with van der Waals surface area (Å²) in [5, 5.41) is 3.52. The van der Waals surface area contributed by atoms with Crippen LogP contribution in [0.25, 0.3) is 0 Å². The maximum Gasteiger partial charge on any atom is 0.191 e. The predicted octanol–water partition coefficient (Wildman–Crippen LogP) is 2.32. The Balaban J connectivity index is 1.87. The van der Waals surface area contributed by atoms with Crippen molar-refractivity contribution in [1.29, 1.82) is 0 Å². The molecule has 3 heteroatoms. The Hall–Kier alpha value is -0.830. The molecule has 0 amide bonds. The number of nitrogens with zero attached hydrogens (tertiary/aromatic N) is 1. The Kier molecular flexibility index (Phi) is 2.87. The van der Waals surface area contributed by atoms with Gasteiger partial charge in [0.1, 0.15) is 5.76 Å². The lowest BCUT2D eigenvalue weighted by Gasteiger charge is -2.09. The smallest absolute Gasteiger partial charge is 0.191 e. The molecule has 1 aliphatic rings. The molecule has 0 radical (unpaired) electrons. The zero-order valence-corrected chi connectivity index (χ0v) is 8.97. The SMILES string of the molecule is Cc1nc(C)c(CNC2CCCC2)o1. The van der Waals surface area contributed by atoms with Gasteiger partial charge in [0, 0.05) is 13.0 Å². The summed E-state index contributed by atoms with van der Waals surface area (Å²) >= 11 is 0. The topological polar surface area (TPSA) is 38.1 Å². The van der Waals surface area contributed by atoms with E-state index in [9.17, 15) is 0 Å². The minimum Gasteiger partial charge on any atom is -0.444 e. The lowest BCUT2D eigenvalue weighted by Crippen LogP contribution is -2.25. The van der Waals surface area contributed by atoms with Crippen LogP contribution in [0, 0.1) is 13.8 Å². The normalized spacial score (nSPS) is 17.9. The molecule has 78 valence electrons. The number of hydrogen-bond donors (Lipinski definition) is 1. The Labute approximate surface area is 84.9 Å².